The molecule has 4 aliphatic rings. The van der Waals surface area contributed by atoms with Crippen LogP contribution in [0, 0.1) is 34.5 Å². The molecule has 4 aliphatic carbocycles. The summed E-state index contributed by atoms with van der Waals surface area (Å²) in [6.45, 7) is 7.06. The van der Waals surface area contributed by atoms with Gasteiger partial charge in [0, 0.05) is 11.8 Å². The largest absolute Gasteiger partial charge is 0.393 e. The fraction of sp³-hybridized carbons (Fsp3) is 1.00. The fourth-order valence-electron chi connectivity index (χ4n) is 8.04. The zero-order valence-corrected chi connectivity index (χ0v) is 15.7. The highest BCUT2D eigenvalue weighted by molar-refractivity contribution is 5.16. The van der Waals surface area contributed by atoms with E-state index >= 15 is 0 Å². The Balaban J connectivity index is 1.69. The molecule has 0 radical (unpaired) electrons. The van der Waals surface area contributed by atoms with Crippen molar-refractivity contribution in [1.82, 2.24) is 0 Å². The molecule has 0 heterocycles. The first-order valence-electron chi connectivity index (χ1n) is 10.3. The molecule has 0 aromatic carbocycles. The minimum Gasteiger partial charge on any atom is -0.393 e. The highest BCUT2D eigenvalue weighted by Crippen LogP contribution is 2.68. The van der Waals surface area contributed by atoms with Gasteiger partial charge < -0.3 is 15.3 Å². The van der Waals surface area contributed by atoms with E-state index in [0.29, 0.717) is 29.6 Å². The average molecular weight is 337 g/mol. The lowest BCUT2D eigenvalue weighted by atomic mass is 9.42. The maximum atomic E-state index is 11.4. The monoisotopic (exact) mass is 336 g/mol. The molecule has 0 bridgehead atoms. The third-order valence-corrected chi connectivity index (χ3v) is 9.52. The highest BCUT2D eigenvalue weighted by Gasteiger charge is 2.67. The van der Waals surface area contributed by atoms with Crippen LogP contribution in [0.4, 0.5) is 0 Å². The van der Waals surface area contributed by atoms with Gasteiger partial charge in [-0.1, -0.05) is 27.2 Å². The summed E-state index contributed by atoms with van der Waals surface area (Å²) in [5.41, 5.74) is -0.891. The number of fused-ring (bicyclic) bond motifs is 5. The Morgan fingerprint density at radius 3 is 2.42 bits per heavy atom. The standard InChI is InChI=1S/C21H36O3/c1-4-13-5-6-16-15-11-18(23)21(24)12-14(22)7-10-20(21,3)17(15)8-9-19(13,16)2/h13-18,22-24H,4-12H2,1-3H3/t13-,14-,15?,16?,17?,18?,19+,20+,21?/m0/s1. The predicted molar refractivity (Wildman–Crippen MR) is 94.4 cm³/mol. The quantitative estimate of drug-likeness (QED) is 0.687. The molecule has 4 fully saturated rings. The first-order valence-corrected chi connectivity index (χ1v) is 10.3. The van der Waals surface area contributed by atoms with Crippen LogP contribution in [0.2, 0.25) is 0 Å². The molecule has 3 nitrogen and oxygen atoms in total. The Kier molecular flexibility index (Phi) is 3.92. The Labute approximate surface area is 146 Å². The van der Waals surface area contributed by atoms with Crippen molar-refractivity contribution < 1.29 is 15.3 Å². The molecular weight excluding hydrogens is 300 g/mol. The summed E-state index contributed by atoms with van der Waals surface area (Å²) in [7, 11) is 0. The first-order chi connectivity index (χ1) is 11.3. The summed E-state index contributed by atoms with van der Waals surface area (Å²) in [4.78, 5) is 0. The van der Waals surface area contributed by atoms with E-state index in [1.165, 1.54) is 32.1 Å². The molecule has 4 saturated carbocycles. The highest BCUT2D eigenvalue weighted by atomic mass is 16.3. The van der Waals surface area contributed by atoms with Crippen LogP contribution >= 0.6 is 0 Å². The molecule has 0 saturated heterocycles. The maximum Gasteiger partial charge on any atom is 0.0985 e. The SMILES string of the molecule is CC[C@H]1CCC2C3CC(O)C4(O)C[C@@H](O)CC[C@]4(C)C3CC[C@@]21C. The molecule has 3 heteroatoms. The summed E-state index contributed by atoms with van der Waals surface area (Å²) in [6.07, 6.45) is 7.97. The third kappa shape index (κ3) is 2.01. The van der Waals surface area contributed by atoms with E-state index < -0.39 is 17.8 Å². The van der Waals surface area contributed by atoms with Gasteiger partial charge in [0.2, 0.25) is 0 Å². The van der Waals surface area contributed by atoms with Crippen molar-refractivity contribution in [3.8, 4) is 0 Å². The minimum atomic E-state index is -1.09. The van der Waals surface area contributed by atoms with Crippen LogP contribution in [0.1, 0.15) is 78.6 Å². The number of hydrogen-bond acceptors (Lipinski definition) is 3. The smallest absolute Gasteiger partial charge is 0.0985 e. The zero-order valence-electron chi connectivity index (χ0n) is 15.7. The molecule has 5 unspecified atom stereocenters. The van der Waals surface area contributed by atoms with Crippen LogP contribution in [0.15, 0.2) is 0 Å². The number of hydrogen-bond donors (Lipinski definition) is 3. The molecule has 24 heavy (non-hydrogen) atoms. The van der Waals surface area contributed by atoms with E-state index in [1.54, 1.807) is 0 Å². The summed E-state index contributed by atoms with van der Waals surface area (Å²) < 4.78 is 0. The van der Waals surface area contributed by atoms with Gasteiger partial charge in [-0.25, -0.2) is 0 Å². The molecule has 0 amide bonds. The summed E-state index contributed by atoms with van der Waals surface area (Å²) in [5.74, 6) is 2.61. The molecule has 0 spiro atoms. The predicted octanol–water partition coefficient (Wildman–Crippen LogP) is 3.50. The first kappa shape index (κ1) is 17.3. The van der Waals surface area contributed by atoms with Crippen molar-refractivity contribution in [2.75, 3.05) is 0 Å². The Hall–Kier alpha value is -0.120. The van der Waals surface area contributed by atoms with E-state index in [2.05, 4.69) is 20.8 Å². The minimum absolute atomic E-state index is 0.236. The van der Waals surface area contributed by atoms with Crippen LogP contribution in [0.25, 0.3) is 0 Å². The van der Waals surface area contributed by atoms with Gasteiger partial charge in [0.1, 0.15) is 0 Å². The van der Waals surface area contributed by atoms with Crippen molar-refractivity contribution in [3.05, 3.63) is 0 Å². The maximum absolute atomic E-state index is 11.4. The van der Waals surface area contributed by atoms with Gasteiger partial charge in [0.15, 0.2) is 0 Å². The van der Waals surface area contributed by atoms with Crippen LogP contribution in [0.3, 0.4) is 0 Å². The van der Waals surface area contributed by atoms with Gasteiger partial charge in [0.25, 0.3) is 0 Å². The lowest BCUT2D eigenvalue weighted by Crippen LogP contribution is -2.68. The van der Waals surface area contributed by atoms with E-state index in [-0.39, 0.29) is 5.41 Å². The second-order valence-corrected chi connectivity index (χ2v) is 10.1. The van der Waals surface area contributed by atoms with Crippen molar-refractivity contribution in [3.63, 3.8) is 0 Å². The van der Waals surface area contributed by atoms with E-state index in [1.807, 2.05) is 0 Å². The van der Waals surface area contributed by atoms with Gasteiger partial charge in [-0.15, -0.1) is 0 Å². The topological polar surface area (TPSA) is 60.7 Å². The Bertz CT molecular complexity index is 507. The molecule has 0 aliphatic heterocycles. The average Bonchev–Trinajstić information content (AvgIpc) is 2.87. The Morgan fingerprint density at radius 2 is 1.71 bits per heavy atom. The molecule has 4 rings (SSSR count). The third-order valence-electron chi connectivity index (χ3n) is 9.52. The van der Waals surface area contributed by atoms with Crippen molar-refractivity contribution >= 4 is 0 Å². The molecule has 9 atom stereocenters. The lowest BCUT2D eigenvalue weighted by molar-refractivity contribution is -0.264. The molecule has 138 valence electrons. The van der Waals surface area contributed by atoms with E-state index in [9.17, 15) is 15.3 Å². The fourth-order valence-corrected chi connectivity index (χ4v) is 8.04. The summed E-state index contributed by atoms with van der Waals surface area (Å²) in [5, 5.41) is 32.5. The van der Waals surface area contributed by atoms with Crippen molar-refractivity contribution in [2.45, 2.75) is 96.4 Å². The van der Waals surface area contributed by atoms with Crippen LogP contribution in [-0.4, -0.2) is 33.1 Å². The number of aliphatic hydroxyl groups excluding tert-OH is 2. The van der Waals surface area contributed by atoms with Crippen LogP contribution < -0.4 is 0 Å². The molecule has 3 N–H and O–H groups in total. The molecular formula is C21H36O3. The van der Waals surface area contributed by atoms with Crippen LogP contribution in [0.5, 0.6) is 0 Å². The Morgan fingerprint density at radius 1 is 0.958 bits per heavy atom. The van der Waals surface area contributed by atoms with Gasteiger partial charge in [0.05, 0.1) is 17.8 Å². The van der Waals surface area contributed by atoms with E-state index in [0.717, 1.165) is 25.2 Å². The second-order valence-electron chi connectivity index (χ2n) is 10.1. The van der Waals surface area contributed by atoms with Crippen LogP contribution in [-0.2, 0) is 0 Å². The normalized spacial score (nSPS) is 60.2. The van der Waals surface area contributed by atoms with Gasteiger partial charge in [-0.2, -0.15) is 0 Å². The summed E-state index contributed by atoms with van der Waals surface area (Å²) >= 11 is 0. The molecule has 0 aromatic heterocycles. The van der Waals surface area contributed by atoms with E-state index in [4.69, 9.17) is 0 Å². The summed E-state index contributed by atoms with van der Waals surface area (Å²) in [6, 6.07) is 0. The second kappa shape index (κ2) is 5.44. The van der Waals surface area contributed by atoms with Crippen molar-refractivity contribution in [1.29, 1.82) is 0 Å². The van der Waals surface area contributed by atoms with Gasteiger partial charge in [-0.3, -0.25) is 0 Å². The van der Waals surface area contributed by atoms with Crippen molar-refractivity contribution in [2.24, 2.45) is 34.5 Å². The lowest BCUT2D eigenvalue weighted by Gasteiger charge is -2.65. The number of rotatable bonds is 1. The molecule has 0 aromatic rings. The number of aliphatic hydroxyl groups is 3. The zero-order chi connectivity index (χ0) is 17.3. The van der Waals surface area contributed by atoms with Gasteiger partial charge in [-0.05, 0) is 74.0 Å². The van der Waals surface area contributed by atoms with Gasteiger partial charge >= 0.3 is 0 Å².